The Morgan fingerprint density at radius 1 is 1.31 bits per heavy atom. The maximum absolute atomic E-state index is 12.1. The molecule has 3 atom stereocenters. The lowest BCUT2D eigenvalue weighted by atomic mass is 9.96. The van der Waals surface area contributed by atoms with Gasteiger partial charge in [0.25, 0.3) is 0 Å². The summed E-state index contributed by atoms with van der Waals surface area (Å²) >= 11 is 0. The van der Waals surface area contributed by atoms with Crippen molar-refractivity contribution in [3.63, 3.8) is 0 Å². The highest BCUT2D eigenvalue weighted by Gasteiger charge is 2.33. The van der Waals surface area contributed by atoms with Crippen LogP contribution in [0.2, 0.25) is 0 Å². The first-order valence-corrected chi connectivity index (χ1v) is 7.24. The maximum atomic E-state index is 12.1. The van der Waals surface area contributed by atoms with E-state index in [1.807, 2.05) is 18.2 Å². The van der Waals surface area contributed by atoms with Gasteiger partial charge in [-0.15, -0.1) is 0 Å². The molecule has 0 spiro atoms. The Labute approximate surface area is 99.9 Å². The molecule has 0 aliphatic carbocycles. The van der Waals surface area contributed by atoms with Crippen molar-refractivity contribution in [3.8, 4) is 0 Å². The first-order valence-electron chi connectivity index (χ1n) is 5.85. The van der Waals surface area contributed by atoms with E-state index >= 15 is 0 Å². The molecule has 1 aromatic carbocycles. The molecule has 1 saturated heterocycles. The summed E-state index contributed by atoms with van der Waals surface area (Å²) in [6.07, 6.45) is 0. The van der Waals surface area contributed by atoms with E-state index in [2.05, 4.69) is 31.3 Å². The smallest absolute Gasteiger partial charge is 0.0566 e. The van der Waals surface area contributed by atoms with E-state index in [0.29, 0.717) is 5.92 Å². The number of hydrogen-bond donors (Lipinski definition) is 1. The summed E-state index contributed by atoms with van der Waals surface area (Å²) in [5, 5.41) is 3.74. The average molecular weight is 237 g/mol. The highest BCUT2D eigenvalue weighted by Crippen LogP contribution is 2.28. The zero-order chi connectivity index (χ0) is 11.5. The predicted molar refractivity (Wildman–Crippen MR) is 68.8 cm³/mol. The van der Waals surface area contributed by atoms with Crippen LogP contribution < -0.4 is 5.32 Å². The summed E-state index contributed by atoms with van der Waals surface area (Å²) < 4.78 is 12.1. The van der Waals surface area contributed by atoms with Crippen LogP contribution in [0.4, 0.5) is 0 Å². The molecule has 16 heavy (non-hydrogen) atoms. The molecular weight excluding hydrogens is 218 g/mol. The predicted octanol–water partition coefficient (Wildman–Crippen LogP) is 2.10. The number of nitrogens with one attached hydrogen (secondary N) is 1. The summed E-state index contributed by atoms with van der Waals surface area (Å²) in [7, 11) is -0.701. The molecule has 0 aromatic heterocycles. The van der Waals surface area contributed by atoms with Gasteiger partial charge in [-0.25, -0.2) is 0 Å². The third kappa shape index (κ3) is 2.36. The Balaban J connectivity index is 2.27. The second-order valence-electron chi connectivity index (χ2n) is 4.64. The molecule has 0 radical (unpaired) electrons. The third-order valence-electron chi connectivity index (χ3n) is 3.12. The summed E-state index contributed by atoms with van der Waals surface area (Å²) in [5.74, 6) is 1.23. The Kier molecular flexibility index (Phi) is 3.77. The zero-order valence-corrected chi connectivity index (χ0v) is 10.7. The first kappa shape index (κ1) is 11.8. The van der Waals surface area contributed by atoms with E-state index in [1.165, 1.54) is 5.56 Å². The SMILES string of the molecule is CC(C)C1C(c2ccccc2)NCCS1=O. The molecule has 1 aromatic rings. The standard InChI is InChI=1S/C13H19NOS/c1-10(2)13-12(14-8-9-16(13)15)11-6-4-3-5-7-11/h3-7,10,12-14H,8-9H2,1-2H3. The van der Waals surface area contributed by atoms with Crippen molar-refractivity contribution in [2.75, 3.05) is 12.3 Å². The minimum atomic E-state index is -0.701. The Morgan fingerprint density at radius 3 is 2.62 bits per heavy atom. The van der Waals surface area contributed by atoms with Crippen LogP contribution in [0.3, 0.4) is 0 Å². The summed E-state index contributed by atoms with van der Waals surface area (Å²) in [5.41, 5.74) is 1.26. The van der Waals surface area contributed by atoms with Crippen LogP contribution in [0.1, 0.15) is 25.5 Å². The van der Waals surface area contributed by atoms with Gasteiger partial charge in [0.1, 0.15) is 0 Å². The summed E-state index contributed by atoms with van der Waals surface area (Å²) in [4.78, 5) is 0. The van der Waals surface area contributed by atoms with Crippen molar-refractivity contribution >= 4 is 10.8 Å². The van der Waals surface area contributed by atoms with E-state index in [1.54, 1.807) is 0 Å². The highest BCUT2D eigenvalue weighted by molar-refractivity contribution is 7.85. The molecule has 1 heterocycles. The van der Waals surface area contributed by atoms with Gasteiger partial charge in [0.15, 0.2) is 0 Å². The molecule has 3 unspecified atom stereocenters. The molecule has 1 N–H and O–H groups in total. The molecule has 1 aliphatic heterocycles. The van der Waals surface area contributed by atoms with Crippen LogP contribution >= 0.6 is 0 Å². The van der Waals surface area contributed by atoms with Crippen LogP contribution in [-0.4, -0.2) is 21.8 Å². The van der Waals surface area contributed by atoms with Gasteiger partial charge in [0, 0.05) is 29.1 Å². The van der Waals surface area contributed by atoms with E-state index in [9.17, 15) is 4.21 Å². The van der Waals surface area contributed by atoms with Crippen molar-refractivity contribution in [2.24, 2.45) is 5.92 Å². The minimum absolute atomic E-state index is 0.233. The van der Waals surface area contributed by atoms with Gasteiger partial charge >= 0.3 is 0 Å². The van der Waals surface area contributed by atoms with Crippen molar-refractivity contribution in [3.05, 3.63) is 35.9 Å². The third-order valence-corrected chi connectivity index (χ3v) is 5.15. The van der Waals surface area contributed by atoms with Crippen LogP contribution in [0.15, 0.2) is 30.3 Å². The zero-order valence-electron chi connectivity index (χ0n) is 9.85. The normalized spacial score (nSPS) is 30.6. The number of benzene rings is 1. The fourth-order valence-electron chi connectivity index (χ4n) is 2.38. The first-order chi connectivity index (χ1) is 7.70. The lowest BCUT2D eigenvalue weighted by Gasteiger charge is -2.34. The summed E-state index contributed by atoms with van der Waals surface area (Å²) in [6.45, 7) is 5.17. The second-order valence-corrected chi connectivity index (χ2v) is 6.35. The van der Waals surface area contributed by atoms with E-state index in [0.717, 1.165) is 12.3 Å². The van der Waals surface area contributed by atoms with E-state index < -0.39 is 10.8 Å². The van der Waals surface area contributed by atoms with Gasteiger partial charge in [0.05, 0.1) is 5.25 Å². The Morgan fingerprint density at radius 2 is 2.00 bits per heavy atom. The molecular formula is C13H19NOS. The molecule has 0 bridgehead atoms. The van der Waals surface area contributed by atoms with Crippen molar-refractivity contribution < 1.29 is 4.21 Å². The lowest BCUT2D eigenvalue weighted by molar-refractivity contribution is 0.428. The molecule has 2 nitrogen and oxygen atoms in total. The van der Waals surface area contributed by atoms with Crippen molar-refractivity contribution in [1.82, 2.24) is 5.32 Å². The van der Waals surface area contributed by atoms with Crippen LogP contribution in [0.5, 0.6) is 0 Å². The van der Waals surface area contributed by atoms with Gasteiger partial charge in [0.2, 0.25) is 0 Å². The van der Waals surface area contributed by atoms with Crippen LogP contribution in [-0.2, 0) is 10.8 Å². The fourth-order valence-corrected chi connectivity index (χ4v) is 4.13. The van der Waals surface area contributed by atoms with Gasteiger partial charge in [-0.1, -0.05) is 44.2 Å². The molecule has 0 saturated carbocycles. The molecule has 88 valence electrons. The summed E-state index contributed by atoms with van der Waals surface area (Å²) in [6, 6.07) is 10.6. The van der Waals surface area contributed by atoms with E-state index in [-0.39, 0.29) is 11.3 Å². The highest BCUT2D eigenvalue weighted by atomic mass is 32.2. The minimum Gasteiger partial charge on any atom is -0.308 e. The Bertz CT molecular complexity index is 363. The van der Waals surface area contributed by atoms with E-state index in [4.69, 9.17) is 0 Å². The van der Waals surface area contributed by atoms with Crippen molar-refractivity contribution in [2.45, 2.75) is 25.1 Å². The van der Waals surface area contributed by atoms with Crippen molar-refractivity contribution in [1.29, 1.82) is 0 Å². The molecule has 3 heteroatoms. The average Bonchev–Trinajstić information content (AvgIpc) is 2.29. The fraction of sp³-hybridized carbons (Fsp3) is 0.538. The quantitative estimate of drug-likeness (QED) is 0.853. The molecule has 0 amide bonds. The van der Waals surface area contributed by atoms with Crippen LogP contribution in [0.25, 0.3) is 0 Å². The maximum Gasteiger partial charge on any atom is 0.0566 e. The topological polar surface area (TPSA) is 29.1 Å². The van der Waals surface area contributed by atoms with Crippen LogP contribution in [0, 0.1) is 5.92 Å². The van der Waals surface area contributed by atoms with Gasteiger partial charge in [-0.05, 0) is 11.5 Å². The van der Waals surface area contributed by atoms with Gasteiger partial charge in [-0.2, -0.15) is 0 Å². The largest absolute Gasteiger partial charge is 0.308 e. The molecule has 1 fully saturated rings. The lowest BCUT2D eigenvalue weighted by Crippen LogP contribution is -2.46. The Hall–Kier alpha value is -0.670. The monoisotopic (exact) mass is 237 g/mol. The van der Waals surface area contributed by atoms with Gasteiger partial charge < -0.3 is 5.32 Å². The second kappa shape index (κ2) is 5.11. The molecule has 2 rings (SSSR count). The number of rotatable bonds is 2. The van der Waals surface area contributed by atoms with Gasteiger partial charge in [-0.3, -0.25) is 4.21 Å². The molecule has 1 aliphatic rings. The number of hydrogen-bond acceptors (Lipinski definition) is 2.